The van der Waals surface area contributed by atoms with E-state index in [1.54, 1.807) is 19.1 Å². The molecular formula is C27H31N3O4. The fourth-order valence-corrected chi connectivity index (χ4v) is 5.69. The van der Waals surface area contributed by atoms with Gasteiger partial charge in [-0.25, -0.2) is 4.79 Å². The molecule has 0 unspecified atom stereocenters. The van der Waals surface area contributed by atoms with E-state index in [0.29, 0.717) is 25.9 Å². The Hall–Kier alpha value is -3.32. The van der Waals surface area contributed by atoms with Gasteiger partial charge >= 0.3 is 6.03 Å². The summed E-state index contributed by atoms with van der Waals surface area (Å²) in [5, 5.41) is 1.04. The van der Waals surface area contributed by atoms with Crippen LogP contribution in [0.2, 0.25) is 0 Å². The lowest BCUT2D eigenvalue weighted by molar-refractivity contribution is -0.134. The van der Waals surface area contributed by atoms with Gasteiger partial charge in [-0.05, 0) is 44.4 Å². The Morgan fingerprint density at radius 1 is 1.09 bits per heavy atom. The highest BCUT2D eigenvalue weighted by atomic mass is 16.5. The molecule has 1 aromatic heterocycles. The average molecular weight is 462 g/mol. The van der Waals surface area contributed by atoms with E-state index >= 15 is 0 Å². The molecule has 2 aliphatic rings. The van der Waals surface area contributed by atoms with Gasteiger partial charge < -0.3 is 14.1 Å². The molecule has 3 heterocycles. The van der Waals surface area contributed by atoms with Crippen molar-refractivity contribution < 1.29 is 18.7 Å². The molecule has 34 heavy (non-hydrogen) atoms. The highest BCUT2D eigenvalue weighted by Crippen LogP contribution is 2.40. The van der Waals surface area contributed by atoms with Crippen LogP contribution in [0.15, 0.2) is 46.9 Å². The number of ether oxygens (including phenoxy) is 1. The van der Waals surface area contributed by atoms with Crippen LogP contribution >= 0.6 is 0 Å². The molecule has 7 nitrogen and oxygen atoms in total. The van der Waals surface area contributed by atoms with E-state index in [2.05, 4.69) is 29.2 Å². The van der Waals surface area contributed by atoms with Gasteiger partial charge in [0.15, 0.2) is 0 Å². The summed E-state index contributed by atoms with van der Waals surface area (Å²) in [6.45, 7) is 6.64. The highest BCUT2D eigenvalue weighted by molar-refractivity contribution is 6.06. The van der Waals surface area contributed by atoms with Crippen LogP contribution in [0.4, 0.5) is 4.79 Å². The van der Waals surface area contributed by atoms with Crippen molar-refractivity contribution in [3.8, 4) is 16.9 Å². The lowest BCUT2D eigenvalue weighted by Gasteiger charge is -2.42. The summed E-state index contributed by atoms with van der Waals surface area (Å²) in [5.41, 5.74) is 3.41. The first-order valence-electron chi connectivity index (χ1n) is 11.9. The molecule has 0 saturated carbocycles. The molecule has 3 amide bonds. The van der Waals surface area contributed by atoms with Crippen molar-refractivity contribution in [3.05, 3.63) is 53.8 Å². The topological polar surface area (TPSA) is 66.2 Å². The van der Waals surface area contributed by atoms with Crippen LogP contribution < -0.4 is 4.74 Å². The van der Waals surface area contributed by atoms with E-state index < -0.39 is 5.54 Å². The molecular weight excluding hydrogens is 430 g/mol. The number of carbonyl (C=O) groups is 2. The summed E-state index contributed by atoms with van der Waals surface area (Å²) in [7, 11) is 3.28. The second-order valence-electron chi connectivity index (χ2n) is 9.26. The van der Waals surface area contributed by atoms with Gasteiger partial charge in [0.25, 0.3) is 5.91 Å². The number of likely N-dealkylation sites (tertiary alicyclic amines) is 1. The van der Waals surface area contributed by atoms with E-state index in [4.69, 9.17) is 9.15 Å². The minimum atomic E-state index is -0.701. The third kappa shape index (κ3) is 3.38. The maximum atomic E-state index is 12.9. The predicted octanol–water partition coefficient (Wildman–Crippen LogP) is 4.67. The molecule has 2 aromatic carbocycles. The first-order valence-corrected chi connectivity index (χ1v) is 11.9. The number of nitrogens with zero attached hydrogens (tertiary/aromatic N) is 3. The molecule has 0 radical (unpaired) electrons. The molecule has 7 heteroatoms. The largest absolute Gasteiger partial charge is 0.496 e. The number of methoxy groups -OCH3 is 1. The monoisotopic (exact) mass is 461 g/mol. The van der Waals surface area contributed by atoms with E-state index in [-0.39, 0.29) is 11.9 Å². The molecule has 3 aromatic rings. The third-order valence-electron chi connectivity index (χ3n) is 7.46. The normalized spacial score (nSPS) is 18.5. The molecule has 0 N–H and O–H groups in total. The Balaban J connectivity index is 1.40. The zero-order valence-corrected chi connectivity index (χ0v) is 20.3. The number of amides is 3. The van der Waals surface area contributed by atoms with Crippen LogP contribution in [-0.2, 0) is 11.3 Å². The van der Waals surface area contributed by atoms with Gasteiger partial charge in [-0.15, -0.1) is 0 Å². The number of piperidine rings is 1. The van der Waals surface area contributed by atoms with Gasteiger partial charge in [-0.2, -0.15) is 0 Å². The molecule has 0 bridgehead atoms. The first-order chi connectivity index (χ1) is 16.4. The lowest BCUT2D eigenvalue weighted by atomic mass is 9.85. The Morgan fingerprint density at radius 2 is 1.79 bits per heavy atom. The van der Waals surface area contributed by atoms with Crippen molar-refractivity contribution in [2.45, 2.75) is 38.8 Å². The maximum Gasteiger partial charge on any atom is 0.327 e. The summed E-state index contributed by atoms with van der Waals surface area (Å²) in [4.78, 5) is 30.8. The van der Waals surface area contributed by atoms with Crippen molar-refractivity contribution in [1.29, 1.82) is 0 Å². The molecule has 2 aliphatic heterocycles. The van der Waals surface area contributed by atoms with Crippen molar-refractivity contribution in [1.82, 2.24) is 14.7 Å². The maximum absolute atomic E-state index is 12.9. The minimum Gasteiger partial charge on any atom is -0.496 e. The first kappa shape index (κ1) is 22.5. The summed E-state index contributed by atoms with van der Waals surface area (Å²) in [5.74, 6) is 1.64. The van der Waals surface area contributed by atoms with Crippen LogP contribution in [-0.4, -0.2) is 66.0 Å². The Bertz CT molecular complexity index is 1240. The number of carbonyl (C=O) groups excluding carboxylic acids is 2. The average Bonchev–Trinajstić information content (AvgIpc) is 3.26. The van der Waals surface area contributed by atoms with E-state index in [1.165, 1.54) is 4.90 Å². The van der Waals surface area contributed by atoms with E-state index in [1.807, 2.05) is 32.0 Å². The zero-order valence-electron chi connectivity index (χ0n) is 20.3. The molecule has 2 saturated heterocycles. The predicted molar refractivity (Wildman–Crippen MR) is 131 cm³/mol. The molecule has 2 fully saturated rings. The van der Waals surface area contributed by atoms with Crippen LogP contribution in [0.1, 0.15) is 31.1 Å². The smallest absolute Gasteiger partial charge is 0.327 e. The van der Waals surface area contributed by atoms with Gasteiger partial charge in [0, 0.05) is 49.7 Å². The van der Waals surface area contributed by atoms with E-state index in [9.17, 15) is 9.59 Å². The number of imide groups is 1. The van der Waals surface area contributed by atoms with Crippen molar-refractivity contribution >= 4 is 22.9 Å². The van der Waals surface area contributed by atoms with Gasteiger partial charge in [-0.1, -0.05) is 30.3 Å². The number of rotatable bonds is 5. The van der Waals surface area contributed by atoms with Gasteiger partial charge in [0.2, 0.25) is 0 Å². The summed E-state index contributed by atoms with van der Waals surface area (Å²) in [6, 6.07) is 14.2. The molecule has 5 rings (SSSR count). The van der Waals surface area contributed by atoms with Crippen LogP contribution in [0.25, 0.3) is 22.1 Å². The van der Waals surface area contributed by atoms with E-state index in [0.717, 1.165) is 52.3 Å². The third-order valence-corrected chi connectivity index (χ3v) is 7.46. The van der Waals surface area contributed by atoms with Gasteiger partial charge in [0.05, 0.1) is 7.11 Å². The quantitative estimate of drug-likeness (QED) is 0.517. The molecule has 0 atom stereocenters. The number of hydrogen-bond donors (Lipinski definition) is 0. The number of furan rings is 1. The number of urea groups is 1. The zero-order chi connectivity index (χ0) is 24.0. The Labute approximate surface area is 199 Å². The summed E-state index contributed by atoms with van der Waals surface area (Å²) >= 11 is 0. The SMILES string of the molecule is CCN1C(=O)N(C)C(=O)C12CCN(Cc1cc3oc(C)c(-c4ccccc4)c3cc1OC)CC2. The number of fused-ring (bicyclic) bond motifs is 1. The summed E-state index contributed by atoms with van der Waals surface area (Å²) in [6.07, 6.45) is 1.27. The van der Waals surface area contributed by atoms with Crippen LogP contribution in [0, 0.1) is 6.92 Å². The Morgan fingerprint density at radius 3 is 2.44 bits per heavy atom. The van der Waals surface area contributed by atoms with Gasteiger partial charge in [0.1, 0.15) is 22.6 Å². The van der Waals surface area contributed by atoms with Crippen molar-refractivity contribution in [3.63, 3.8) is 0 Å². The van der Waals surface area contributed by atoms with Crippen LogP contribution in [0.5, 0.6) is 5.75 Å². The molecule has 0 aliphatic carbocycles. The fourth-order valence-electron chi connectivity index (χ4n) is 5.69. The number of aryl methyl sites for hydroxylation is 1. The number of hydrogen-bond acceptors (Lipinski definition) is 5. The minimum absolute atomic E-state index is 0.0718. The van der Waals surface area contributed by atoms with Crippen LogP contribution in [0.3, 0.4) is 0 Å². The molecule has 178 valence electrons. The van der Waals surface area contributed by atoms with Crippen molar-refractivity contribution in [2.75, 3.05) is 33.8 Å². The standard InChI is InChI=1S/C27H31N3O4/c1-5-30-26(32)28(3)25(31)27(30)11-13-29(14-12-27)17-20-15-23-21(16-22(20)33-4)24(18(2)34-23)19-9-7-6-8-10-19/h6-10,15-16H,5,11-14,17H2,1-4H3. The number of likely N-dealkylation sites (N-methyl/N-ethyl adjacent to an activating group) is 2. The van der Waals surface area contributed by atoms with Gasteiger partial charge in [-0.3, -0.25) is 14.6 Å². The summed E-state index contributed by atoms with van der Waals surface area (Å²) < 4.78 is 11.9. The lowest BCUT2D eigenvalue weighted by Crippen LogP contribution is -2.56. The second kappa shape index (κ2) is 8.47. The Kier molecular flexibility index (Phi) is 5.60. The second-order valence-corrected chi connectivity index (χ2v) is 9.26. The molecule has 1 spiro atoms. The fraction of sp³-hybridized carbons (Fsp3) is 0.407. The number of benzene rings is 2. The van der Waals surface area contributed by atoms with Crippen molar-refractivity contribution in [2.24, 2.45) is 0 Å². The highest BCUT2D eigenvalue weighted by Gasteiger charge is 2.56.